The topological polar surface area (TPSA) is 12.9 Å². The van der Waals surface area contributed by atoms with Crippen molar-refractivity contribution < 1.29 is 0 Å². The van der Waals surface area contributed by atoms with Gasteiger partial charge in [-0.15, -0.1) is 45.3 Å². The maximum absolute atomic E-state index is 4.89. The van der Waals surface area contributed by atoms with Gasteiger partial charge in [0.25, 0.3) is 0 Å². The number of fused-ring (bicyclic) bond motifs is 7. The van der Waals surface area contributed by atoms with Gasteiger partial charge in [0, 0.05) is 35.3 Å². The van der Waals surface area contributed by atoms with E-state index in [0.29, 0.717) is 0 Å². The predicted molar refractivity (Wildman–Crippen MR) is 210 cm³/mol. The van der Waals surface area contributed by atoms with Crippen LogP contribution in [0, 0.1) is 6.92 Å². The number of thiophene rings is 3. The molecule has 10 rings (SSSR count). The van der Waals surface area contributed by atoms with Crippen LogP contribution in [0.2, 0.25) is 0 Å². The zero-order chi connectivity index (χ0) is 31.1. The lowest BCUT2D eigenvalue weighted by Gasteiger charge is -2.05. The summed E-state index contributed by atoms with van der Waals surface area (Å²) in [5.74, 6) is 0. The van der Waals surface area contributed by atoms with E-state index in [9.17, 15) is 0 Å². The molecule has 0 aliphatic heterocycles. The van der Waals surface area contributed by atoms with Gasteiger partial charge in [0.2, 0.25) is 0 Å². The predicted octanol–water partition coefficient (Wildman–Crippen LogP) is 14.1. The Morgan fingerprint density at radius 1 is 0.404 bits per heavy atom. The molecule has 0 aliphatic carbocycles. The number of benzene rings is 6. The standard InChI is InChI=1S/C42H25NS4/c1-24-31-9-2-4-11-35(31)44-39(24)26-15-13-25(14-16-26)28-17-19-32-37(22-28)45-41-33-20-18-29(23-38(33)46-40(32)41)27-7-6-8-30(21-27)42-43-34-10-3-5-12-36(34)47-42/h2-23H,1H3. The fourth-order valence-electron chi connectivity index (χ4n) is 6.71. The van der Waals surface area contributed by atoms with Crippen LogP contribution in [-0.4, -0.2) is 4.98 Å². The molecule has 222 valence electrons. The normalized spacial score (nSPS) is 11.9. The van der Waals surface area contributed by atoms with Crippen LogP contribution < -0.4 is 0 Å². The van der Waals surface area contributed by atoms with Gasteiger partial charge in [-0.1, -0.05) is 97.1 Å². The van der Waals surface area contributed by atoms with Crippen molar-refractivity contribution in [2.24, 2.45) is 0 Å². The first-order valence-corrected chi connectivity index (χ1v) is 18.9. The highest BCUT2D eigenvalue weighted by Gasteiger charge is 2.15. The van der Waals surface area contributed by atoms with E-state index in [1.54, 1.807) is 11.3 Å². The molecule has 0 radical (unpaired) electrons. The van der Waals surface area contributed by atoms with E-state index in [-0.39, 0.29) is 0 Å². The summed E-state index contributed by atoms with van der Waals surface area (Å²) in [6.07, 6.45) is 0. The van der Waals surface area contributed by atoms with Crippen LogP contribution in [-0.2, 0) is 0 Å². The maximum atomic E-state index is 4.89. The molecule has 47 heavy (non-hydrogen) atoms. The highest BCUT2D eigenvalue weighted by Crippen LogP contribution is 2.46. The molecule has 5 heteroatoms. The Hall–Kier alpha value is -4.65. The van der Waals surface area contributed by atoms with Gasteiger partial charge in [0.1, 0.15) is 5.01 Å². The SMILES string of the molecule is Cc1c(-c2ccc(-c3ccc4c(c3)sc3c5ccc(-c6cccc(-c7nc8ccccc8s7)c6)cc5sc43)cc2)sc2ccccc12. The van der Waals surface area contributed by atoms with Crippen LogP contribution in [0.5, 0.6) is 0 Å². The average molecular weight is 672 g/mol. The monoisotopic (exact) mass is 671 g/mol. The van der Waals surface area contributed by atoms with Gasteiger partial charge in [-0.2, -0.15) is 0 Å². The van der Waals surface area contributed by atoms with Gasteiger partial charge >= 0.3 is 0 Å². The van der Waals surface area contributed by atoms with Crippen molar-refractivity contribution in [1.82, 2.24) is 4.98 Å². The van der Waals surface area contributed by atoms with Crippen molar-refractivity contribution in [2.75, 3.05) is 0 Å². The van der Waals surface area contributed by atoms with E-state index in [2.05, 4.69) is 140 Å². The number of aryl methyl sites for hydroxylation is 1. The second-order valence-electron chi connectivity index (χ2n) is 12.0. The third-order valence-electron chi connectivity index (χ3n) is 9.14. The largest absolute Gasteiger partial charge is 0.236 e. The van der Waals surface area contributed by atoms with Gasteiger partial charge in [-0.3, -0.25) is 0 Å². The Labute approximate surface area is 287 Å². The van der Waals surface area contributed by atoms with Crippen LogP contribution in [0.15, 0.2) is 133 Å². The lowest BCUT2D eigenvalue weighted by molar-refractivity contribution is 1.48. The summed E-state index contributed by atoms with van der Waals surface area (Å²) < 4.78 is 8.05. The second kappa shape index (κ2) is 10.7. The second-order valence-corrected chi connectivity index (χ2v) is 16.2. The molecule has 0 atom stereocenters. The van der Waals surface area contributed by atoms with Crippen molar-refractivity contribution in [3.8, 4) is 43.3 Å². The highest BCUT2D eigenvalue weighted by atomic mass is 32.1. The summed E-state index contributed by atoms with van der Waals surface area (Å²) in [7, 11) is 0. The number of hydrogen-bond acceptors (Lipinski definition) is 5. The molecule has 0 unspecified atom stereocenters. The molecule has 6 aromatic carbocycles. The number of nitrogens with zero attached hydrogens (tertiary/aromatic N) is 1. The smallest absolute Gasteiger partial charge is 0.124 e. The summed E-state index contributed by atoms with van der Waals surface area (Å²) in [6.45, 7) is 2.24. The third-order valence-corrected chi connectivity index (χ3v) is 14.1. The van der Waals surface area contributed by atoms with Crippen molar-refractivity contribution in [1.29, 1.82) is 0 Å². The van der Waals surface area contributed by atoms with E-state index in [0.717, 1.165) is 10.5 Å². The van der Waals surface area contributed by atoms with Gasteiger partial charge in [0.05, 0.1) is 19.6 Å². The van der Waals surface area contributed by atoms with Gasteiger partial charge in [-0.25, -0.2) is 4.98 Å². The number of hydrogen-bond donors (Lipinski definition) is 0. The average Bonchev–Trinajstić information content (AvgIpc) is 3.89. The Bertz CT molecular complexity index is 2770. The first-order valence-electron chi connectivity index (χ1n) is 15.6. The fraction of sp³-hybridized carbons (Fsp3) is 0.0238. The molecule has 0 saturated heterocycles. The summed E-state index contributed by atoms with van der Waals surface area (Å²) in [6, 6.07) is 49.0. The van der Waals surface area contributed by atoms with Crippen LogP contribution >= 0.6 is 45.3 Å². The number of thiazole rings is 1. The molecule has 4 heterocycles. The molecule has 0 bridgehead atoms. The summed E-state index contributed by atoms with van der Waals surface area (Å²) in [4.78, 5) is 6.26. The molecular weight excluding hydrogens is 647 g/mol. The van der Waals surface area contributed by atoms with E-state index in [1.165, 1.54) is 88.2 Å². The molecule has 1 nitrogen and oxygen atoms in total. The molecule has 10 aromatic rings. The lowest BCUT2D eigenvalue weighted by Crippen LogP contribution is -1.80. The van der Waals surface area contributed by atoms with Crippen LogP contribution in [0.1, 0.15) is 5.56 Å². The Balaban J connectivity index is 0.976. The molecule has 0 saturated carbocycles. The van der Waals surface area contributed by atoms with Crippen molar-refractivity contribution in [3.05, 3.63) is 139 Å². The first-order chi connectivity index (χ1) is 23.2. The molecule has 0 spiro atoms. The zero-order valence-electron chi connectivity index (χ0n) is 25.3. The van der Waals surface area contributed by atoms with Crippen molar-refractivity contribution >= 4 is 95.2 Å². The molecule has 0 N–H and O–H groups in total. The summed E-state index contributed by atoms with van der Waals surface area (Å²) in [5.41, 5.74) is 9.89. The van der Waals surface area contributed by atoms with E-state index in [4.69, 9.17) is 4.98 Å². The quantitative estimate of drug-likeness (QED) is 0.181. The molecule has 4 aromatic heterocycles. The van der Waals surface area contributed by atoms with Crippen LogP contribution in [0.3, 0.4) is 0 Å². The van der Waals surface area contributed by atoms with E-state index >= 15 is 0 Å². The molecule has 0 amide bonds. The van der Waals surface area contributed by atoms with Crippen molar-refractivity contribution in [3.63, 3.8) is 0 Å². The van der Waals surface area contributed by atoms with Gasteiger partial charge in [0.15, 0.2) is 0 Å². The van der Waals surface area contributed by atoms with Crippen molar-refractivity contribution in [2.45, 2.75) is 6.92 Å². The van der Waals surface area contributed by atoms with Gasteiger partial charge in [-0.05, 0) is 82.1 Å². The summed E-state index contributed by atoms with van der Waals surface area (Å²) >= 11 is 7.48. The molecular formula is C42H25NS4. The van der Waals surface area contributed by atoms with Crippen LogP contribution in [0.25, 0.3) is 93.1 Å². The zero-order valence-corrected chi connectivity index (χ0v) is 28.5. The van der Waals surface area contributed by atoms with E-state index in [1.807, 2.05) is 34.0 Å². The lowest BCUT2D eigenvalue weighted by atomic mass is 10.0. The Morgan fingerprint density at radius 2 is 1.00 bits per heavy atom. The number of para-hydroxylation sites is 1. The van der Waals surface area contributed by atoms with Crippen LogP contribution in [0.4, 0.5) is 0 Å². The Morgan fingerprint density at radius 3 is 1.72 bits per heavy atom. The number of rotatable bonds is 4. The van der Waals surface area contributed by atoms with Gasteiger partial charge < -0.3 is 0 Å². The third kappa shape index (κ3) is 4.49. The number of aromatic nitrogens is 1. The maximum Gasteiger partial charge on any atom is 0.124 e. The summed E-state index contributed by atoms with van der Waals surface area (Å²) in [5, 5.41) is 5.13. The minimum atomic E-state index is 1.06. The molecule has 0 fully saturated rings. The van der Waals surface area contributed by atoms with E-state index < -0.39 is 0 Å². The first kappa shape index (κ1) is 27.5. The highest BCUT2D eigenvalue weighted by molar-refractivity contribution is 7.36. The minimum Gasteiger partial charge on any atom is -0.236 e. The minimum absolute atomic E-state index is 1.06. The molecule has 0 aliphatic rings. The Kier molecular flexibility index (Phi) is 6.25. The fourth-order valence-corrected chi connectivity index (χ4v) is 11.6.